The molecule has 0 aromatic heterocycles. The van der Waals surface area contributed by atoms with Crippen molar-refractivity contribution in [3.05, 3.63) is 52.5 Å². The number of amides is 1. The number of rotatable bonds is 6. The minimum Gasteiger partial charge on any atom is -0.482 e. The van der Waals surface area contributed by atoms with Crippen LogP contribution in [0.1, 0.15) is 0 Å². The molecule has 0 aliphatic rings. The average molecular weight is 439 g/mol. The number of carbonyl (C=O) groups is 1. The van der Waals surface area contributed by atoms with Crippen LogP contribution in [0.15, 0.2) is 40.9 Å². The number of ether oxygens (including phenoxy) is 1. The number of halogens is 6. The molecule has 0 fully saturated rings. The molecule has 0 aliphatic heterocycles. The van der Waals surface area contributed by atoms with Gasteiger partial charge in [-0.1, -0.05) is 15.9 Å². The summed E-state index contributed by atoms with van der Waals surface area (Å²) < 4.78 is 68.8. The first-order valence-corrected chi connectivity index (χ1v) is 7.91. The van der Waals surface area contributed by atoms with E-state index in [-0.39, 0.29) is 17.1 Å². The molecule has 0 spiro atoms. The minimum absolute atomic E-state index is 0.0761. The fourth-order valence-corrected chi connectivity index (χ4v) is 2.22. The third kappa shape index (κ3) is 6.17. The van der Waals surface area contributed by atoms with Gasteiger partial charge in [0.15, 0.2) is 6.61 Å². The van der Waals surface area contributed by atoms with Crippen molar-refractivity contribution in [2.24, 2.45) is 0 Å². The molecule has 0 unspecified atom stereocenters. The van der Waals surface area contributed by atoms with Crippen LogP contribution >= 0.6 is 15.9 Å². The Hall–Kier alpha value is -2.36. The molecule has 26 heavy (non-hydrogen) atoms. The largest absolute Gasteiger partial charge is 0.482 e. The van der Waals surface area contributed by atoms with Crippen molar-refractivity contribution in [1.29, 1.82) is 0 Å². The fourth-order valence-electron chi connectivity index (χ4n) is 1.89. The predicted octanol–water partition coefficient (Wildman–Crippen LogP) is 4.72. The molecule has 0 heterocycles. The van der Waals surface area contributed by atoms with Crippen molar-refractivity contribution in [3.8, 4) is 5.75 Å². The summed E-state index contributed by atoms with van der Waals surface area (Å²) in [5.41, 5.74) is -0.214. The van der Waals surface area contributed by atoms with E-state index in [9.17, 15) is 26.7 Å². The molecule has 10 heteroatoms. The first-order chi connectivity index (χ1) is 12.1. The van der Waals surface area contributed by atoms with E-state index < -0.39 is 36.9 Å². The molecule has 140 valence electrons. The summed E-state index contributed by atoms with van der Waals surface area (Å²) in [7, 11) is 0. The molecule has 4 nitrogen and oxygen atoms in total. The number of carbonyl (C=O) groups excluding carboxylic acids is 1. The molecule has 0 aliphatic carbocycles. The number of benzene rings is 2. The Labute approximate surface area is 153 Å². The highest BCUT2D eigenvalue weighted by Gasteiger charge is 2.29. The van der Waals surface area contributed by atoms with Gasteiger partial charge in [0.25, 0.3) is 0 Å². The van der Waals surface area contributed by atoms with Crippen LogP contribution in [-0.4, -0.2) is 25.2 Å². The van der Waals surface area contributed by atoms with Gasteiger partial charge in [-0.25, -0.2) is 8.78 Å². The number of hydrogen-bond acceptors (Lipinski definition) is 3. The highest BCUT2D eigenvalue weighted by molar-refractivity contribution is 9.10. The van der Waals surface area contributed by atoms with E-state index >= 15 is 0 Å². The van der Waals surface area contributed by atoms with Gasteiger partial charge in [0.05, 0.1) is 17.9 Å². The maximum Gasteiger partial charge on any atom is 0.422 e. The second-order valence-electron chi connectivity index (χ2n) is 5.07. The molecule has 0 bridgehead atoms. The molecule has 2 rings (SSSR count). The van der Waals surface area contributed by atoms with Crippen LogP contribution in [0.4, 0.5) is 33.3 Å². The van der Waals surface area contributed by atoms with Crippen LogP contribution in [0, 0.1) is 11.6 Å². The maximum absolute atomic E-state index is 13.7. The van der Waals surface area contributed by atoms with Gasteiger partial charge in [-0.2, -0.15) is 13.2 Å². The standard InChI is InChI=1S/C16H12BrF5N2O2/c17-9-1-3-12(11(19)5-9)24-15(25)7-23-13-6-10(18)2-4-14(13)26-8-16(20,21)22/h1-6,23H,7-8H2,(H,24,25). The number of anilines is 2. The minimum atomic E-state index is -4.57. The molecule has 0 saturated carbocycles. The lowest BCUT2D eigenvalue weighted by molar-refractivity contribution is -0.153. The van der Waals surface area contributed by atoms with Crippen LogP contribution in [0.2, 0.25) is 0 Å². The summed E-state index contributed by atoms with van der Waals surface area (Å²) in [5, 5.41) is 4.75. The Balaban J connectivity index is 2.01. The quantitative estimate of drug-likeness (QED) is 0.641. The first-order valence-electron chi connectivity index (χ1n) is 7.12. The normalized spacial score (nSPS) is 11.2. The lowest BCUT2D eigenvalue weighted by Gasteiger charge is -2.14. The number of nitrogens with one attached hydrogen (secondary N) is 2. The Morgan fingerprint density at radius 3 is 2.46 bits per heavy atom. The Morgan fingerprint density at radius 2 is 1.81 bits per heavy atom. The van der Waals surface area contributed by atoms with Crippen molar-refractivity contribution in [2.45, 2.75) is 6.18 Å². The van der Waals surface area contributed by atoms with Crippen molar-refractivity contribution in [2.75, 3.05) is 23.8 Å². The van der Waals surface area contributed by atoms with E-state index in [4.69, 9.17) is 0 Å². The summed E-state index contributed by atoms with van der Waals surface area (Å²) in [6.07, 6.45) is -4.57. The smallest absolute Gasteiger partial charge is 0.422 e. The van der Waals surface area contributed by atoms with E-state index in [2.05, 4.69) is 31.3 Å². The summed E-state index contributed by atoms with van der Waals surface area (Å²) in [6, 6.07) is 6.82. The molecule has 1 amide bonds. The van der Waals surface area contributed by atoms with Gasteiger partial charge in [-0.3, -0.25) is 4.79 Å². The lowest BCUT2D eigenvalue weighted by Crippen LogP contribution is -2.23. The van der Waals surface area contributed by atoms with Gasteiger partial charge in [0.1, 0.15) is 17.4 Å². The highest BCUT2D eigenvalue weighted by Crippen LogP contribution is 2.27. The van der Waals surface area contributed by atoms with Crippen molar-refractivity contribution < 1.29 is 31.5 Å². The predicted molar refractivity (Wildman–Crippen MR) is 89.2 cm³/mol. The van der Waals surface area contributed by atoms with Crippen molar-refractivity contribution in [3.63, 3.8) is 0 Å². The maximum atomic E-state index is 13.7. The number of hydrogen-bond donors (Lipinski definition) is 2. The molecule has 0 saturated heterocycles. The lowest BCUT2D eigenvalue weighted by atomic mass is 10.2. The van der Waals surface area contributed by atoms with E-state index in [1.54, 1.807) is 0 Å². The third-order valence-electron chi connectivity index (χ3n) is 2.98. The second-order valence-corrected chi connectivity index (χ2v) is 5.99. The van der Waals surface area contributed by atoms with E-state index in [1.165, 1.54) is 12.1 Å². The van der Waals surface area contributed by atoms with Gasteiger partial charge in [0, 0.05) is 10.5 Å². The van der Waals surface area contributed by atoms with Gasteiger partial charge in [-0.05, 0) is 30.3 Å². The fraction of sp³-hybridized carbons (Fsp3) is 0.188. The van der Waals surface area contributed by atoms with Gasteiger partial charge < -0.3 is 15.4 Å². The Bertz CT molecular complexity index is 799. The first kappa shape index (κ1) is 20.0. The topological polar surface area (TPSA) is 50.4 Å². The van der Waals surface area contributed by atoms with Crippen molar-refractivity contribution in [1.82, 2.24) is 0 Å². The van der Waals surface area contributed by atoms with Crippen LogP contribution in [0.3, 0.4) is 0 Å². The molecular formula is C16H12BrF5N2O2. The molecule has 0 radical (unpaired) electrons. The molecule has 2 N–H and O–H groups in total. The zero-order valence-corrected chi connectivity index (χ0v) is 14.5. The summed E-state index contributed by atoms with van der Waals surface area (Å²) in [5.74, 6) is -2.36. The average Bonchev–Trinajstić information content (AvgIpc) is 2.54. The molecule has 2 aromatic carbocycles. The SMILES string of the molecule is O=C(CNc1cc(F)ccc1OCC(F)(F)F)Nc1ccc(Br)cc1F. The Morgan fingerprint density at radius 1 is 1.08 bits per heavy atom. The van der Waals surface area contributed by atoms with E-state index in [0.29, 0.717) is 4.47 Å². The van der Waals surface area contributed by atoms with Gasteiger partial charge in [0.2, 0.25) is 5.91 Å². The Kier molecular flexibility index (Phi) is 6.41. The molecule has 2 aromatic rings. The van der Waals surface area contributed by atoms with Gasteiger partial charge in [-0.15, -0.1) is 0 Å². The van der Waals surface area contributed by atoms with E-state index in [0.717, 1.165) is 24.3 Å². The second kappa shape index (κ2) is 8.35. The number of alkyl halides is 3. The zero-order valence-electron chi connectivity index (χ0n) is 13.0. The monoisotopic (exact) mass is 438 g/mol. The van der Waals surface area contributed by atoms with Crippen LogP contribution in [-0.2, 0) is 4.79 Å². The third-order valence-corrected chi connectivity index (χ3v) is 3.47. The van der Waals surface area contributed by atoms with E-state index in [1.807, 2.05) is 0 Å². The molecule has 0 atom stereocenters. The van der Waals surface area contributed by atoms with Gasteiger partial charge >= 0.3 is 6.18 Å². The van der Waals surface area contributed by atoms with Crippen LogP contribution in [0.25, 0.3) is 0 Å². The van der Waals surface area contributed by atoms with Crippen LogP contribution < -0.4 is 15.4 Å². The van der Waals surface area contributed by atoms with Crippen molar-refractivity contribution >= 4 is 33.2 Å². The van der Waals surface area contributed by atoms with Crippen LogP contribution in [0.5, 0.6) is 5.75 Å². The molecular weight excluding hydrogens is 427 g/mol. The summed E-state index contributed by atoms with van der Waals surface area (Å²) in [4.78, 5) is 11.9. The summed E-state index contributed by atoms with van der Waals surface area (Å²) in [6.45, 7) is -2.01. The zero-order chi connectivity index (χ0) is 19.3. The summed E-state index contributed by atoms with van der Waals surface area (Å²) >= 11 is 3.07. The highest BCUT2D eigenvalue weighted by atomic mass is 79.9.